The number of thioether (sulfide) groups is 1. The van der Waals surface area contributed by atoms with E-state index in [2.05, 4.69) is 23.7 Å². The second-order valence-electron chi connectivity index (χ2n) is 3.86. The van der Waals surface area contributed by atoms with Crippen LogP contribution in [0.1, 0.15) is 0 Å². The summed E-state index contributed by atoms with van der Waals surface area (Å²) in [6.07, 6.45) is 0. The molecule has 2 rings (SSSR count). The summed E-state index contributed by atoms with van der Waals surface area (Å²) in [5.74, 6) is 4.08. The number of fused-ring (bicyclic) bond motifs is 2. The fraction of sp³-hybridized carbons (Fsp3) is 1.00. The third-order valence-corrected chi connectivity index (χ3v) is 4.17. The van der Waals surface area contributed by atoms with Gasteiger partial charge in [0.1, 0.15) is 0 Å². The lowest BCUT2D eigenvalue weighted by Gasteiger charge is -2.44. The van der Waals surface area contributed by atoms with Gasteiger partial charge in [-0.3, -0.25) is 0 Å². The largest absolute Gasteiger partial charge is 0.327 e. The number of rotatable bonds is 0. The van der Waals surface area contributed by atoms with Crippen LogP contribution in [0.2, 0.25) is 0 Å². The number of hydrogen-bond donors (Lipinski definition) is 1. The maximum atomic E-state index is 6.11. The van der Waals surface area contributed by atoms with Gasteiger partial charge in [0.15, 0.2) is 0 Å². The monoisotopic (exact) mass is 172 g/mol. The first kappa shape index (κ1) is 7.90. The summed E-state index contributed by atoms with van der Waals surface area (Å²) in [5, 5.41) is 0. The van der Waals surface area contributed by atoms with Crippen molar-refractivity contribution in [2.75, 3.05) is 31.6 Å². The Morgan fingerprint density at radius 3 is 2.36 bits per heavy atom. The standard InChI is InChI=1S/C8H16N2S/c1-10-2-6-4-11-5-7(3-10)8(6)9/h6-8H,2-5,9H2,1H3. The van der Waals surface area contributed by atoms with Crippen molar-refractivity contribution in [1.29, 1.82) is 0 Å². The normalized spacial score (nSPS) is 45.8. The van der Waals surface area contributed by atoms with E-state index < -0.39 is 0 Å². The van der Waals surface area contributed by atoms with E-state index in [4.69, 9.17) is 5.73 Å². The third-order valence-electron chi connectivity index (χ3n) is 2.84. The molecule has 0 aromatic heterocycles. The number of nitrogens with zero attached hydrogens (tertiary/aromatic N) is 1. The maximum Gasteiger partial charge on any atom is 0.0136 e. The molecule has 0 aromatic rings. The van der Waals surface area contributed by atoms with Gasteiger partial charge in [0.05, 0.1) is 0 Å². The van der Waals surface area contributed by atoms with Crippen LogP contribution in [0.3, 0.4) is 0 Å². The summed E-state index contributed by atoms with van der Waals surface area (Å²) in [6, 6.07) is 0.493. The van der Waals surface area contributed by atoms with E-state index in [0.29, 0.717) is 6.04 Å². The van der Waals surface area contributed by atoms with Gasteiger partial charge in [-0.2, -0.15) is 11.8 Å². The highest BCUT2D eigenvalue weighted by atomic mass is 32.2. The average Bonchev–Trinajstić information content (AvgIpc) is 1.92. The molecule has 0 amide bonds. The van der Waals surface area contributed by atoms with Gasteiger partial charge in [0.2, 0.25) is 0 Å². The molecule has 0 aliphatic carbocycles. The number of nitrogens with two attached hydrogens (primary N) is 1. The van der Waals surface area contributed by atoms with Crippen LogP contribution in [-0.4, -0.2) is 42.6 Å². The molecule has 3 heteroatoms. The minimum absolute atomic E-state index is 0.493. The van der Waals surface area contributed by atoms with E-state index in [-0.39, 0.29) is 0 Å². The van der Waals surface area contributed by atoms with E-state index in [1.165, 1.54) is 24.6 Å². The van der Waals surface area contributed by atoms with E-state index in [1.807, 2.05) is 0 Å². The Bertz CT molecular complexity index is 137. The predicted molar refractivity (Wildman–Crippen MR) is 49.8 cm³/mol. The molecule has 0 spiro atoms. The lowest BCUT2D eigenvalue weighted by molar-refractivity contribution is 0.144. The summed E-state index contributed by atoms with van der Waals surface area (Å²) in [7, 11) is 2.21. The van der Waals surface area contributed by atoms with Crippen molar-refractivity contribution < 1.29 is 0 Å². The minimum atomic E-state index is 0.493. The molecular formula is C8H16N2S. The molecule has 2 heterocycles. The summed E-state index contributed by atoms with van der Waals surface area (Å²) >= 11 is 2.09. The Hall–Kier alpha value is 0.270. The highest BCUT2D eigenvalue weighted by Crippen LogP contribution is 2.31. The van der Waals surface area contributed by atoms with Crippen molar-refractivity contribution in [3.8, 4) is 0 Å². The summed E-state index contributed by atoms with van der Waals surface area (Å²) in [5.41, 5.74) is 6.11. The van der Waals surface area contributed by atoms with Gasteiger partial charge in [-0.05, 0) is 30.4 Å². The Morgan fingerprint density at radius 1 is 1.27 bits per heavy atom. The van der Waals surface area contributed by atoms with Gasteiger partial charge in [-0.1, -0.05) is 0 Å². The van der Waals surface area contributed by atoms with Crippen LogP contribution in [0.4, 0.5) is 0 Å². The molecule has 2 unspecified atom stereocenters. The first-order chi connectivity index (χ1) is 5.27. The highest BCUT2D eigenvalue weighted by Gasteiger charge is 2.36. The fourth-order valence-electron chi connectivity index (χ4n) is 2.20. The zero-order valence-electron chi connectivity index (χ0n) is 6.99. The van der Waals surface area contributed by atoms with Gasteiger partial charge >= 0.3 is 0 Å². The molecular weight excluding hydrogens is 156 g/mol. The van der Waals surface area contributed by atoms with Crippen LogP contribution >= 0.6 is 11.8 Å². The van der Waals surface area contributed by atoms with E-state index in [9.17, 15) is 0 Å². The zero-order valence-corrected chi connectivity index (χ0v) is 7.81. The average molecular weight is 172 g/mol. The van der Waals surface area contributed by atoms with Gasteiger partial charge in [-0.25, -0.2) is 0 Å². The molecule has 2 nitrogen and oxygen atoms in total. The molecule has 2 atom stereocenters. The predicted octanol–water partition coefficient (Wildman–Crippen LogP) is 0.238. The SMILES string of the molecule is CN1CC2CSCC(C1)C2N. The first-order valence-corrected chi connectivity index (χ1v) is 5.44. The smallest absolute Gasteiger partial charge is 0.0136 e. The Kier molecular flexibility index (Phi) is 2.12. The van der Waals surface area contributed by atoms with Crippen LogP contribution in [-0.2, 0) is 0 Å². The molecule has 0 saturated carbocycles. The molecule has 64 valence electrons. The van der Waals surface area contributed by atoms with Crippen LogP contribution in [0.25, 0.3) is 0 Å². The second-order valence-corrected chi connectivity index (χ2v) is 4.93. The number of hydrogen-bond acceptors (Lipinski definition) is 3. The maximum absolute atomic E-state index is 6.11. The molecule has 2 aliphatic heterocycles. The summed E-state index contributed by atoms with van der Waals surface area (Å²) in [6.45, 7) is 2.43. The lowest BCUT2D eigenvalue weighted by Crippen LogP contribution is -2.55. The van der Waals surface area contributed by atoms with Crippen molar-refractivity contribution in [3.63, 3.8) is 0 Å². The molecule has 2 bridgehead atoms. The molecule has 2 N–H and O–H groups in total. The number of piperidine rings is 1. The molecule has 2 aliphatic rings. The topological polar surface area (TPSA) is 29.3 Å². The van der Waals surface area contributed by atoms with Crippen molar-refractivity contribution in [2.24, 2.45) is 17.6 Å². The molecule has 2 saturated heterocycles. The molecule has 2 fully saturated rings. The Balaban J connectivity index is 2.07. The zero-order chi connectivity index (χ0) is 7.84. The number of likely N-dealkylation sites (tertiary alicyclic amines) is 1. The molecule has 0 aromatic carbocycles. The highest BCUT2D eigenvalue weighted by molar-refractivity contribution is 7.99. The van der Waals surface area contributed by atoms with Crippen LogP contribution < -0.4 is 5.73 Å². The van der Waals surface area contributed by atoms with Crippen molar-refractivity contribution in [3.05, 3.63) is 0 Å². The van der Waals surface area contributed by atoms with Crippen LogP contribution in [0.15, 0.2) is 0 Å². The van der Waals surface area contributed by atoms with Crippen molar-refractivity contribution in [1.82, 2.24) is 4.90 Å². The Labute approximate surface area is 72.5 Å². The molecule has 0 radical (unpaired) electrons. The van der Waals surface area contributed by atoms with Gasteiger partial charge in [0.25, 0.3) is 0 Å². The quantitative estimate of drug-likeness (QED) is 0.567. The Morgan fingerprint density at radius 2 is 1.82 bits per heavy atom. The molecule has 11 heavy (non-hydrogen) atoms. The van der Waals surface area contributed by atoms with E-state index in [0.717, 1.165) is 11.8 Å². The lowest BCUT2D eigenvalue weighted by atomic mass is 9.86. The third kappa shape index (κ3) is 1.42. The minimum Gasteiger partial charge on any atom is -0.327 e. The summed E-state index contributed by atoms with van der Waals surface area (Å²) < 4.78 is 0. The van der Waals surface area contributed by atoms with Gasteiger partial charge in [0, 0.05) is 19.1 Å². The van der Waals surface area contributed by atoms with Crippen molar-refractivity contribution in [2.45, 2.75) is 6.04 Å². The summed E-state index contributed by atoms with van der Waals surface area (Å²) in [4.78, 5) is 2.43. The van der Waals surface area contributed by atoms with Crippen LogP contribution in [0.5, 0.6) is 0 Å². The van der Waals surface area contributed by atoms with E-state index in [1.54, 1.807) is 0 Å². The van der Waals surface area contributed by atoms with Crippen molar-refractivity contribution >= 4 is 11.8 Å². The first-order valence-electron chi connectivity index (χ1n) is 4.29. The van der Waals surface area contributed by atoms with E-state index >= 15 is 0 Å². The van der Waals surface area contributed by atoms with Gasteiger partial charge in [-0.15, -0.1) is 0 Å². The second kappa shape index (κ2) is 2.96. The fourth-order valence-corrected chi connectivity index (χ4v) is 3.60. The van der Waals surface area contributed by atoms with Crippen LogP contribution in [0, 0.1) is 11.8 Å². The van der Waals surface area contributed by atoms with Gasteiger partial charge < -0.3 is 10.6 Å².